The van der Waals surface area contributed by atoms with Crippen LogP contribution in [0.5, 0.6) is 0 Å². The first-order chi connectivity index (χ1) is 9.21. The number of nitrogens with zero attached hydrogens (tertiary/aromatic N) is 2. The summed E-state index contributed by atoms with van der Waals surface area (Å²) in [7, 11) is 1.85. The molecule has 0 saturated heterocycles. The van der Waals surface area contributed by atoms with Crippen LogP contribution in [-0.4, -0.2) is 29.3 Å². The molecule has 2 N–H and O–H groups in total. The summed E-state index contributed by atoms with van der Waals surface area (Å²) in [5, 5.41) is 7.15. The Bertz CT molecular complexity index is 493. The first kappa shape index (κ1) is 13.7. The van der Waals surface area contributed by atoms with Crippen LogP contribution < -0.4 is 10.6 Å². The number of hydrogen-bond acceptors (Lipinski definition) is 6. The van der Waals surface area contributed by atoms with E-state index >= 15 is 0 Å². The Hall–Kier alpha value is -1.69. The van der Waals surface area contributed by atoms with E-state index in [0.717, 1.165) is 29.0 Å². The Balaban J connectivity index is 2.05. The van der Waals surface area contributed by atoms with E-state index in [1.807, 2.05) is 31.5 Å². The second-order valence-corrected chi connectivity index (χ2v) is 4.98. The van der Waals surface area contributed by atoms with Gasteiger partial charge in [-0.05, 0) is 25.3 Å². The molecule has 0 amide bonds. The van der Waals surface area contributed by atoms with E-state index in [1.165, 1.54) is 11.8 Å². The fourth-order valence-electron chi connectivity index (χ4n) is 1.75. The van der Waals surface area contributed by atoms with Gasteiger partial charge >= 0.3 is 0 Å². The van der Waals surface area contributed by atoms with Crippen LogP contribution in [0.2, 0.25) is 0 Å². The van der Waals surface area contributed by atoms with Crippen LogP contribution in [0.15, 0.2) is 34.0 Å². The molecule has 0 radical (unpaired) electrons. The van der Waals surface area contributed by atoms with Crippen molar-refractivity contribution in [3.8, 4) is 0 Å². The molecule has 5 nitrogen and oxygen atoms in total. The molecule has 0 fully saturated rings. The first-order valence-corrected chi connectivity index (χ1v) is 7.33. The van der Waals surface area contributed by atoms with E-state index in [9.17, 15) is 0 Å². The number of furan rings is 1. The van der Waals surface area contributed by atoms with E-state index in [1.54, 1.807) is 6.26 Å². The predicted octanol–water partition coefficient (Wildman–Crippen LogP) is 2.88. The molecule has 2 aromatic rings. The highest BCUT2D eigenvalue weighted by atomic mass is 32.2. The summed E-state index contributed by atoms with van der Waals surface area (Å²) < 4.78 is 5.34. The molecular weight excluding hydrogens is 260 g/mol. The number of anilines is 2. The molecule has 0 aliphatic carbocycles. The van der Waals surface area contributed by atoms with Gasteiger partial charge in [0.1, 0.15) is 17.4 Å². The fraction of sp³-hybridized carbons (Fsp3) is 0.385. The number of rotatable bonds is 6. The maximum atomic E-state index is 5.34. The molecule has 102 valence electrons. The van der Waals surface area contributed by atoms with E-state index in [2.05, 4.69) is 27.5 Å². The zero-order valence-corrected chi connectivity index (χ0v) is 12.1. The van der Waals surface area contributed by atoms with Crippen LogP contribution in [0, 0.1) is 0 Å². The van der Waals surface area contributed by atoms with E-state index in [0.29, 0.717) is 0 Å². The summed E-state index contributed by atoms with van der Waals surface area (Å²) in [5.74, 6) is 2.60. The zero-order chi connectivity index (χ0) is 13.7. The molecule has 19 heavy (non-hydrogen) atoms. The summed E-state index contributed by atoms with van der Waals surface area (Å²) in [4.78, 5) is 8.77. The lowest BCUT2D eigenvalue weighted by Gasteiger charge is -2.14. The lowest BCUT2D eigenvalue weighted by atomic mass is 10.2. The monoisotopic (exact) mass is 278 g/mol. The van der Waals surface area contributed by atoms with Gasteiger partial charge in [0.25, 0.3) is 0 Å². The smallest absolute Gasteiger partial charge is 0.191 e. The van der Waals surface area contributed by atoms with Gasteiger partial charge in [0.2, 0.25) is 0 Å². The molecule has 6 heteroatoms. The van der Waals surface area contributed by atoms with Gasteiger partial charge in [-0.25, -0.2) is 9.97 Å². The second-order valence-electron chi connectivity index (χ2n) is 4.20. The fourth-order valence-corrected chi connectivity index (χ4v) is 2.13. The Morgan fingerprint density at radius 2 is 2.16 bits per heavy atom. The maximum absolute atomic E-state index is 5.34. The van der Waals surface area contributed by atoms with Crippen LogP contribution in [0.4, 0.5) is 11.6 Å². The average molecular weight is 278 g/mol. The molecule has 0 aromatic carbocycles. The Morgan fingerprint density at radius 1 is 1.37 bits per heavy atom. The van der Waals surface area contributed by atoms with E-state index < -0.39 is 0 Å². The minimum absolute atomic E-state index is 0.237. The largest absolute Gasteiger partial charge is 0.469 e. The van der Waals surface area contributed by atoms with Crippen LogP contribution in [0.25, 0.3) is 0 Å². The van der Waals surface area contributed by atoms with Gasteiger partial charge < -0.3 is 15.1 Å². The van der Waals surface area contributed by atoms with E-state index in [-0.39, 0.29) is 6.04 Å². The summed E-state index contributed by atoms with van der Waals surface area (Å²) in [6.07, 6.45) is 4.48. The lowest BCUT2D eigenvalue weighted by Crippen LogP contribution is -2.19. The van der Waals surface area contributed by atoms with Crippen molar-refractivity contribution in [1.29, 1.82) is 0 Å². The summed E-state index contributed by atoms with van der Waals surface area (Å²) in [6.45, 7) is 2.10. The third-order valence-corrected chi connectivity index (χ3v) is 3.17. The number of aromatic nitrogens is 2. The zero-order valence-electron chi connectivity index (χ0n) is 11.3. The molecule has 2 heterocycles. The van der Waals surface area contributed by atoms with Crippen molar-refractivity contribution >= 4 is 23.4 Å². The predicted molar refractivity (Wildman–Crippen MR) is 78.9 cm³/mol. The van der Waals surface area contributed by atoms with Crippen LogP contribution in [0.3, 0.4) is 0 Å². The third-order valence-electron chi connectivity index (χ3n) is 2.63. The number of nitrogens with one attached hydrogen (secondary N) is 2. The van der Waals surface area contributed by atoms with Crippen molar-refractivity contribution in [2.45, 2.75) is 24.5 Å². The lowest BCUT2D eigenvalue weighted by molar-refractivity contribution is 0.497. The summed E-state index contributed by atoms with van der Waals surface area (Å²) in [6, 6.07) is 6.01. The van der Waals surface area contributed by atoms with Crippen molar-refractivity contribution < 1.29 is 4.42 Å². The average Bonchev–Trinajstić information content (AvgIpc) is 2.90. The molecule has 0 aliphatic heterocycles. The third kappa shape index (κ3) is 3.89. The molecule has 2 rings (SSSR count). The van der Waals surface area contributed by atoms with Gasteiger partial charge in [0, 0.05) is 25.6 Å². The van der Waals surface area contributed by atoms with E-state index in [4.69, 9.17) is 4.42 Å². The van der Waals surface area contributed by atoms with Crippen molar-refractivity contribution in [3.05, 3.63) is 30.2 Å². The molecule has 2 aromatic heterocycles. The van der Waals surface area contributed by atoms with Crippen LogP contribution in [-0.2, 0) is 6.42 Å². The van der Waals surface area contributed by atoms with Gasteiger partial charge in [0.15, 0.2) is 5.16 Å². The molecule has 0 saturated carbocycles. The van der Waals surface area contributed by atoms with Gasteiger partial charge in [-0.1, -0.05) is 11.8 Å². The van der Waals surface area contributed by atoms with Crippen molar-refractivity contribution in [2.24, 2.45) is 0 Å². The van der Waals surface area contributed by atoms with Crippen LogP contribution >= 0.6 is 11.8 Å². The quantitative estimate of drug-likeness (QED) is 0.626. The minimum atomic E-state index is 0.237. The normalized spacial score (nSPS) is 12.2. The molecule has 0 spiro atoms. The summed E-state index contributed by atoms with van der Waals surface area (Å²) in [5.41, 5.74) is 0. The second kappa shape index (κ2) is 6.47. The molecule has 0 bridgehead atoms. The first-order valence-electron chi connectivity index (χ1n) is 6.11. The van der Waals surface area contributed by atoms with Crippen molar-refractivity contribution in [2.75, 3.05) is 23.9 Å². The Morgan fingerprint density at radius 3 is 2.79 bits per heavy atom. The van der Waals surface area contributed by atoms with Gasteiger partial charge in [0.05, 0.1) is 6.26 Å². The maximum Gasteiger partial charge on any atom is 0.191 e. The SMILES string of the molecule is CNc1cc(NC(C)Cc2ccco2)nc(SC)n1. The molecular formula is C13H18N4OS. The molecule has 0 aliphatic rings. The summed E-state index contributed by atoms with van der Waals surface area (Å²) >= 11 is 1.52. The molecule has 1 atom stereocenters. The van der Waals surface area contributed by atoms with Gasteiger partial charge in [-0.15, -0.1) is 0 Å². The van der Waals surface area contributed by atoms with Gasteiger partial charge in [-0.2, -0.15) is 0 Å². The minimum Gasteiger partial charge on any atom is -0.469 e. The highest BCUT2D eigenvalue weighted by Gasteiger charge is 2.08. The molecule has 1 unspecified atom stereocenters. The van der Waals surface area contributed by atoms with Crippen molar-refractivity contribution in [1.82, 2.24) is 9.97 Å². The van der Waals surface area contributed by atoms with Crippen LogP contribution in [0.1, 0.15) is 12.7 Å². The topological polar surface area (TPSA) is 63.0 Å². The van der Waals surface area contributed by atoms with Gasteiger partial charge in [-0.3, -0.25) is 0 Å². The highest BCUT2D eigenvalue weighted by Crippen LogP contribution is 2.18. The number of thioether (sulfide) groups is 1. The standard InChI is InChI=1S/C13H18N4OS/c1-9(7-10-5-4-6-18-10)15-12-8-11(14-2)16-13(17-12)19-3/h4-6,8-9H,7H2,1-3H3,(H2,14,15,16,17). The Kier molecular flexibility index (Phi) is 4.68. The highest BCUT2D eigenvalue weighted by molar-refractivity contribution is 7.98. The number of hydrogen-bond donors (Lipinski definition) is 2. The Labute approximate surface area is 117 Å². The van der Waals surface area contributed by atoms with Crippen molar-refractivity contribution in [3.63, 3.8) is 0 Å².